The maximum atomic E-state index is 11.8. The summed E-state index contributed by atoms with van der Waals surface area (Å²) in [5, 5.41) is 2.81. The van der Waals surface area contributed by atoms with E-state index < -0.39 is 0 Å². The number of carbonyl (C=O) groups excluding carboxylic acids is 1. The van der Waals surface area contributed by atoms with Gasteiger partial charge in [-0.2, -0.15) is 0 Å². The average molecular weight is 284 g/mol. The van der Waals surface area contributed by atoms with Crippen LogP contribution in [0.15, 0.2) is 16.7 Å². The number of aromatic nitrogens is 1. The lowest BCUT2D eigenvalue weighted by Crippen LogP contribution is -2.22. The topological polar surface area (TPSA) is 68.0 Å². The molecule has 1 aliphatic carbocycles. The third kappa shape index (κ3) is 2.52. The molecule has 4 nitrogen and oxygen atoms in total. The van der Waals surface area contributed by atoms with Gasteiger partial charge < -0.3 is 11.1 Å². The van der Waals surface area contributed by atoms with Crippen LogP contribution in [0.4, 0.5) is 11.5 Å². The summed E-state index contributed by atoms with van der Waals surface area (Å²) < 4.78 is 0.712. The largest absolute Gasteiger partial charge is 0.397 e. The molecule has 1 amide bonds. The lowest BCUT2D eigenvalue weighted by atomic mass is 10.1. The van der Waals surface area contributed by atoms with Gasteiger partial charge in [0.05, 0.1) is 16.4 Å². The maximum Gasteiger partial charge on any atom is 0.228 e. The predicted octanol–water partition coefficient (Wildman–Crippen LogP) is 2.41. The smallest absolute Gasteiger partial charge is 0.228 e. The first-order valence-corrected chi connectivity index (χ1v) is 6.09. The zero-order chi connectivity index (χ0) is 11.7. The minimum Gasteiger partial charge on any atom is -0.397 e. The second kappa shape index (κ2) is 4.41. The molecule has 0 aromatic carbocycles. The molecule has 0 saturated heterocycles. The monoisotopic (exact) mass is 283 g/mol. The minimum atomic E-state index is 0.0282. The summed E-state index contributed by atoms with van der Waals surface area (Å²) in [4.78, 5) is 15.9. The lowest BCUT2D eigenvalue weighted by molar-refractivity contribution is -0.119. The van der Waals surface area contributed by atoms with Crippen molar-refractivity contribution in [1.82, 2.24) is 4.98 Å². The van der Waals surface area contributed by atoms with Crippen LogP contribution in [0.3, 0.4) is 0 Å². The number of hydrogen-bond donors (Lipinski definition) is 2. The summed E-state index contributed by atoms with van der Waals surface area (Å²) >= 11 is 3.32. The number of carbonyl (C=O) groups is 1. The normalized spacial score (nSPS) is 16.9. The predicted molar refractivity (Wildman–Crippen MR) is 66.9 cm³/mol. The lowest BCUT2D eigenvalue weighted by Gasteiger charge is -2.11. The van der Waals surface area contributed by atoms with Gasteiger partial charge in [0.15, 0.2) is 0 Å². The van der Waals surface area contributed by atoms with Gasteiger partial charge in [0, 0.05) is 5.92 Å². The van der Waals surface area contributed by atoms with Gasteiger partial charge >= 0.3 is 0 Å². The highest BCUT2D eigenvalue weighted by Crippen LogP contribution is 2.37. The van der Waals surface area contributed by atoms with E-state index in [0.717, 1.165) is 12.8 Å². The third-order valence-corrected chi connectivity index (χ3v) is 3.45. The fourth-order valence-electron chi connectivity index (χ4n) is 1.59. The first kappa shape index (κ1) is 11.4. The molecular formula is C11H14BrN3O. The molecule has 1 aromatic heterocycles. The molecule has 5 heteroatoms. The van der Waals surface area contributed by atoms with Gasteiger partial charge in [0.2, 0.25) is 5.91 Å². The molecular weight excluding hydrogens is 270 g/mol. The molecule has 1 aromatic rings. The summed E-state index contributed by atoms with van der Waals surface area (Å²) in [6.45, 7) is 1.96. The molecule has 0 radical (unpaired) electrons. The van der Waals surface area contributed by atoms with Gasteiger partial charge in [-0.15, -0.1) is 0 Å². The Morgan fingerprint density at radius 3 is 2.94 bits per heavy atom. The Morgan fingerprint density at radius 1 is 1.69 bits per heavy atom. The summed E-state index contributed by atoms with van der Waals surface area (Å²) in [5.74, 6) is 1.17. The SMILES string of the molecule is CC(C(=O)Nc1ncc(N)cc1Br)C1CC1. The highest BCUT2D eigenvalue weighted by atomic mass is 79.9. The maximum absolute atomic E-state index is 11.8. The molecule has 86 valence electrons. The second-order valence-electron chi connectivity index (χ2n) is 4.21. The molecule has 1 fully saturated rings. The Bertz CT molecular complexity index is 418. The van der Waals surface area contributed by atoms with Gasteiger partial charge in [-0.05, 0) is 40.8 Å². The summed E-state index contributed by atoms with van der Waals surface area (Å²) in [5.41, 5.74) is 6.14. The number of rotatable bonds is 3. The standard InChI is InChI=1S/C11H14BrN3O/c1-6(7-2-3-7)11(16)15-10-9(12)4-8(13)5-14-10/h4-7H,2-3,13H2,1H3,(H,14,15,16). The van der Waals surface area contributed by atoms with E-state index in [2.05, 4.69) is 26.2 Å². The van der Waals surface area contributed by atoms with Gasteiger partial charge in [-0.1, -0.05) is 6.92 Å². The number of nitrogens with zero attached hydrogens (tertiary/aromatic N) is 1. The number of nitrogens with two attached hydrogens (primary N) is 1. The number of halogens is 1. The van der Waals surface area contributed by atoms with E-state index >= 15 is 0 Å². The van der Waals surface area contributed by atoms with Crippen LogP contribution in [0.1, 0.15) is 19.8 Å². The summed E-state index contributed by atoms with van der Waals surface area (Å²) in [7, 11) is 0. The van der Waals surface area contributed by atoms with Crippen LogP contribution in [-0.4, -0.2) is 10.9 Å². The van der Waals surface area contributed by atoms with E-state index in [-0.39, 0.29) is 11.8 Å². The third-order valence-electron chi connectivity index (χ3n) is 2.85. The van der Waals surface area contributed by atoms with Crippen LogP contribution in [0.5, 0.6) is 0 Å². The number of amides is 1. The fraction of sp³-hybridized carbons (Fsp3) is 0.455. The fourth-order valence-corrected chi connectivity index (χ4v) is 2.05. The molecule has 1 atom stereocenters. The minimum absolute atomic E-state index is 0.0282. The Balaban J connectivity index is 2.05. The number of hydrogen-bond acceptors (Lipinski definition) is 3. The van der Waals surface area contributed by atoms with Crippen LogP contribution in [0, 0.1) is 11.8 Å². The van der Waals surface area contributed by atoms with Crippen molar-refractivity contribution in [3.63, 3.8) is 0 Å². The van der Waals surface area contributed by atoms with Crippen molar-refractivity contribution in [2.45, 2.75) is 19.8 Å². The number of nitrogens with one attached hydrogen (secondary N) is 1. The van der Waals surface area contributed by atoms with E-state index in [4.69, 9.17) is 5.73 Å². The molecule has 1 saturated carbocycles. The number of pyridine rings is 1. The van der Waals surface area contributed by atoms with Crippen LogP contribution in [-0.2, 0) is 4.79 Å². The van der Waals surface area contributed by atoms with E-state index in [1.807, 2.05) is 6.92 Å². The molecule has 1 unspecified atom stereocenters. The zero-order valence-electron chi connectivity index (χ0n) is 9.03. The van der Waals surface area contributed by atoms with E-state index in [1.54, 1.807) is 6.07 Å². The molecule has 0 aliphatic heterocycles. The van der Waals surface area contributed by atoms with Crippen molar-refractivity contribution >= 4 is 33.3 Å². The molecule has 0 spiro atoms. The van der Waals surface area contributed by atoms with Crippen molar-refractivity contribution in [2.24, 2.45) is 11.8 Å². The van der Waals surface area contributed by atoms with Crippen LogP contribution in [0.25, 0.3) is 0 Å². The Labute approximate surface area is 103 Å². The molecule has 3 N–H and O–H groups in total. The summed E-state index contributed by atoms with van der Waals surface area (Å²) in [6.07, 6.45) is 3.85. The van der Waals surface area contributed by atoms with Crippen molar-refractivity contribution in [2.75, 3.05) is 11.1 Å². The molecule has 0 bridgehead atoms. The molecule has 1 aliphatic rings. The van der Waals surface area contributed by atoms with E-state index in [0.29, 0.717) is 21.9 Å². The quantitative estimate of drug-likeness (QED) is 0.895. The van der Waals surface area contributed by atoms with Crippen LogP contribution in [0.2, 0.25) is 0 Å². The van der Waals surface area contributed by atoms with Gasteiger partial charge in [-0.3, -0.25) is 4.79 Å². The van der Waals surface area contributed by atoms with Crippen molar-refractivity contribution in [3.05, 3.63) is 16.7 Å². The first-order chi connectivity index (χ1) is 7.58. The first-order valence-electron chi connectivity index (χ1n) is 5.30. The summed E-state index contributed by atoms with van der Waals surface area (Å²) in [6, 6.07) is 1.73. The highest BCUT2D eigenvalue weighted by molar-refractivity contribution is 9.10. The Kier molecular flexibility index (Phi) is 3.14. The Hall–Kier alpha value is -1.10. The highest BCUT2D eigenvalue weighted by Gasteiger charge is 2.32. The van der Waals surface area contributed by atoms with E-state index in [9.17, 15) is 4.79 Å². The molecule has 16 heavy (non-hydrogen) atoms. The number of nitrogen functional groups attached to an aromatic ring is 1. The number of anilines is 2. The van der Waals surface area contributed by atoms with Gasteiger partial charge in [0.25, 0.3) is 0 Å². The second-order valence-corrected chi connectivity index (χ2v) is 5.07. The van der Waals surface area contributed by atoms with E-state index in [1.165, 1.54) is 6.20 Å². The Morgan fingerprint density at radius 2 is 2.38 bits per heavy atom. The van der Waals surface area contributed by atoms with Crippen LogP contribution >= 0.6 is 15.9 Å². The van der Waals surface area contributed by atoms with Crippen molar-refractivity contribution < 1.29 is 4.79 Å². The van der Waals surface area contributed by atoms with Crippen molar-refractivity contribution in [1.29, 1.82) is 0 Å². The average Bonchev–Trinajstić information content (AvgIpc) is 3.04. The zero-order valence-corrected chi connectivity index (χ0v) is 10.6. The van der Waals surface area contributed by atoms with Gasteiger partial charge in [-0.25, -0.2) is 4.98 Å². The van der Waals surface area contributed by atoms with Crippen molar-refractivity contribution in [3.8, 4) is 0 Å². The van der Waals surface area contributed by atoms with Gasteiger partial charge in [0.1, 0.15) is 5.82 Å². The molecule has 1 heterocycles. The molecule has 2 rings (SSSR count). The van der Waals surface area contributed by atoms with Crippen LogP contribution < -0.4 is 11.1 Å².